The number of likely N-dealkylation sites (tertiary alicyclic amines) is 1. The maximum absolute atomic E-state index is 12.9. The van der Waals surface area contributed by atoms with Gasteiger partial charge in [-0.1, -0.05) is 24.3 Å². The number of hydrogen-bond donors (Lipinski definition) is 0. The number of nitrogens with zero attached hydrogens (tertiary/aromatic N) is 7. The molecule has 2 aromatic carbocycles. The van der Waals surface area contributed by atoms with Crippen LogP contribution in [0.3, 0.4) is 0 Å². The van der Waals surface area contributed by atoms with Crippen LogP contribution in [0, 0.1) is 11.3 Å². The highest BCUT2D eigenvalue weighted by Gasteiger charge is 2.49. The highest BCUT2D eigenvalue weighted by atomic mass is 19.1. The number of allylic oxidation sites excluding steroid dienone is 1. The Balaban J connectivity index is 1.21. The first-order chi connectivity index (χ1) is 24.0. The molecule has 1 aliphatic carbocycles. The Morgan fingerprint density at radius 1 is 1.08 bits per heavy atom. The standard InChI is InChI=1S/C37H44FN7O4/c1-47-26-49-29-21-27-7-2-3-8-30(27)33(22-29)42-18-11-31-32(24-42)40-36(48-25-37(12-13-37)44-16-4-5-17-44)41-35(31)43-19-20-45(28(23-43)10-15-39)34(46)9-6-14-38/h2-3,6-9,21-22,28H,4-5,10-14,16-20,23-26H2,1H3/b9-6+/t28-/m0/s1. The van der Waals surface area contributed by atoms with Gasteiger partial charge in [-0.05, 0) is 62.7 Å². The number of aromatic nitrogens is 2. The van der Waals surface area contributed by atoms with Gasteiger partial charge >= 0.3 is 6.01 Å². The van der Waals surface area contributed by atoms with Gasteiger partial charge in [-0.2, -0.15) is 15.2 Å². The Morgan fingerprint density at radius 3 is 2.69 bits per heavy atom. The summed E-state index contributed by atoms with van der Waals surface area (Å²) in [7, 11) is 1.61. The number of carbonyl (C=O) groups is 1. The molecule has 258 valence electrons. The number of nitriles is 1. The highest BCUT2D eigenvalue weighted by Crippen LogP contribution is 2.44. The summed E-state index contributed by atoms with van der Waals surface area (Å²) in [5.74, 6) is 1.27. The molecule has 3 fully saturated rings. The van der Waals surface area contributed by atoms with Gasteiger partial charge in [-0.3, -0.25) is 9.69 Å². The van der Waals surface area contributed by atoms with Gasteiger partial charge < -0.3 is 28.9 Å². The molecule has 11 nitrogen and oxygen atoms in total. The monoisotopic (exact) mass is 669 g/mol. The summed E-state index contributed by atoms with van der Waals surface area (Å²) in [5.41, 5.74) is 3.10. The summed E-state index contributed by atoms with van der Waals surface area (Å²) in [6, 6.07) is 14.7. The van der Waals surface area contributed by atoms with E-state index in [-0.39, 0.29) is 30.7 Å². The maximum atomic E-state index is 12.9. The SMILES string of the molecule is COCOc1cc(N2CCc3c(nc(OCC4(N5CCCC5)CC4)nc3N3CCN(C(=O)/C=C/CF)[C@@H](CC#N)C3)C2)c2ccccc2c1. The highest BCUT2D eigenvalue weighted by molar-refractivity contribution is 5.96. The Labute approximate surface area is 286 Å². The topological polar surface area (TPSA) is 107 Å². The Bertz CT molecular complexity index is 1740. The summed E-state index contributed by atoms with van der Waals surface area (Å²) < 4.78 is 30.4. The van der Waals surface area contributed by atoms with Crippen LogP contribution in [0.1, 0.15) is 43.4 Å². The van der Waals surface area contributed by atoms with Gasteiger partial charge in [0.15, 0.2) is 6.79 Å². The van der Waals surface area contributed by atoms with E-state index in [0.29, 0.717) is 45.2 Å². The molecule has 0 N–H and O–H groups in total. The first-order valence-corrected chi connectivity index (χ1v) is 17.3. The number of methoxy groups -OCH3 is 1. The molecule has 0 unspecified atom stereocenters. The van der Waals surface area contributed by atoms with Crippen molar-refractivity contribution in [3.05, 3.63) is 59.8 Å². The van der Waals surface area contributed by atoms with Crippen molar-refractivity contribution < 1.29 is 23.4 Å². The number of fused-ring (bicyclic) bond motifs is 2. The average molecular weight is 670 g/mol. The summed E-state index contributed by atoms with van der Waals surface area (Å²) in [6.07, 6.45) is 8.05. The van der Waals surface area contributed by atoms with Crippen molar-refractivity contribution >= 4 is 28.2 Å². The van der Waals surface area contributed by atoms with Crippen LogP contribution in [0.2, 0.25) is 0 Å². The van der Waals surface area contributed by atoms with E-state index < -0.39 is 6.67 Å². The number of alkyl halides is 1. The molecule has 4 aliphatic rings. The van der Waals surface area contributed by atoms with Gasteiger partial charge in [0, 0.05) is 62.1 Å². The summed E-state index contributed by atoms with van der Waals surface area (Å²) in [4.78, 5) is 31.7. The number of anilines is 2. The van der Waals surface area contributed by atoms with Crippen molar-refractivity contribution in [1.29, 1.82) is 5.26 Å². The zero-order chi connectivity index (χ0) is 33.8. The van der Waals surface area contributed by atoms with Gasteiger partial charge in [0.1, 0.15) is 24.8 Å². The molecule has 3 aromatic rings. The molecule has 4 heterocycles. The van der Waals surface area contributed by atoms with E-state index in [0.717, 1.165) is 71.8 Å². The lowest BCUT2D eigenvalue weighted by Crippen LogP contribution is -2.55. The van der Waals surface area contributed by atoms with Crippen molar-refractivity contribution in [2.75, 3.05) is 76.3 Å². The minimum Gasteiger partial charge on any atom is -0.467 e. The quantitative estimate of drug-likeness (QED) is 0.200. The molecule has 1 amide bonds. The molecule has 0 spiro atoms. The van der Waals surface area contributed by atoms with Crippen molar-refractivity contribution in [3.8, 4) is 17.8 Å². The van der Waals surface area contributed by atoms with Gasteiger partial charge in [0.05, 0.1) is 36.3 Å². The number of halogens is 1. The molecule has 7 rings (SSSR count). The van der Waals surface area contributed by atoms with Crippen molar-refractivity contribution in [1.82, 2.24) is 19.8 Å². The number of carbonyl (C=O) groups excluding carboxylic acids is 1. The van der Waals surface area contributed by atoms with Crippen molar-refractivity contribution in [2.45, 2.75) is 56.7 Å². The predicted octanol–water partition coefficient (Wildman–Crippen LogP) is 4.64. The fourth-order valence-corrected chi connectivity index (χ4v) is 7.60. The van der Waals surface area contributed by atoms with Gasteiger partial charge in [-0.25, -0.2) is 4.39 Å². The van der Waals surface area contributed by atoms with E-state index in [9.17, 15) is 14.4 Å². The summed E-state index contributed by atoms with van der Waals surface area (Å²) >= 11 is 0. The number of hydrogen-bond acceptors (Lipinski definition) is 10. The predicted molar refractivity (Wildman–Crippen MR) is 185 cm³/mol. The van der Waals surface area contributed by atoms with E-state index in [1.54, 1.807) is 12.0 Å². The molecule has 0 radical (unpaired) electrons. The molecule has 49 heavy (non-hydrogen) atoms. The largest absolute Gasteiger partial charge is 0.467 e. The first-order valence-electron chi connectivity index (χ1n) is 17.3. The van der Waals surface area contributed by atoms with Crippen molar-refractivity contribution in [3.63, 3.8) is 0 Å². The Kier molecular flexibility index (Phi) is 9.82. The van der Waals surface area contributed by atoms with Crippen LogP contribution in [0.4, 0.5) is 15.9 Å². The Morgan fingerprint density at radius 2 is 1.92 bits per heavy atom. The zero-order valence-electron chi connectivity index (χ0n) is 28.2. The fourth-order valence-electron chi connectivity index (χ4n) is 7.60. The minimum atomic E-state index is -0.708. The van der Waals surface area contributed by atoms with E-state index in [1.165, 1.54) is 25.0 Å². The summed E-state index contributed by atoms with van der Waals surface area (Å²) in [5, 5.41) is 11.9. The van der Waals surface area contributed by atoms with Crippen LogP contribution in [-0.4, -0.2) is 104 Å². The molecular weight excluding hydrogens is 625 g/mol. The van der Waals surface area contributed by atoms with E-state index in [4.69, 9.17) is 24.2 Å². The average Bonchev–Trinajstić information content (AvgIpc) is 3.72. The smallest absolute Gasteiger partial charge is 0.318 e. The van der Waals surface area contributed by atoms with Crippen LogP contribution in [0.15, 0.2) is 48.6 Å². The first kappa shape index (κ1) is 33.0. The van der Waals surface area contributed by atoms with Crippen LogP contribution < -0.4 is 19.3 Å². The maximum Gasteiger partial charge on any atom is 0.318 e. The molecule has 1 aromatic heterocycles. The van der Waals surface area contributed by atoms with E-state index in [1.807, 2.05) is 12.1 Å². The number of benzene rings is 2. The number of rotatable bonds is 12. The number of ether oxygens (including phenoxy) is 3. The molecule has 0 bridgehead atoms. The lowest BCUT2D eigenvalue weighted by Gasteiger charge is -2.42. The zero-order valence-corrected chi connectivity index (χ0v) is 28.2. The third-order valence-electron chi connectivity index (χ3n) is 10.3. The second kappa shape index (κ2) is 14.6. The molecule has 3 aliphatic heterocycles. The lowest BCUT2D eigenvalue weighted by molar-refractivity contribution is -0.128. The van der Waals surface area contributed by atoms with Gasteiger partial charge in [-0.15, -0.1) is 0 Å². The fraction of sp³-hybridized carbons (Fsp3) is 0.514. The number of amides is 1. The van der Waals surface area contributed by atoms with Gasteiger partial charge in [0.25, 0.3) is 0 Å². The third kappa shape index (κ3) is 7.00. The van der Waals surface area contributed by atoms with Crippen molar-refractivity contribution in [2.24, 2.45) is 0 Å². The van der Waals surface area contributed by atoms with Crippen LogP contribution in [0.25, 0.3) is 10.8 Å². The van der Waals surface area contributed by atoms with Crippen LogP contribution in [-0.2, 0) is 22.5 Å². The molecule has 1 atom stereocenters. The molecular formula is C37H44FN7O4. The Hall–Kier alpha value is -4.47. The second-order valence-corrected chi connectivity index (χ2v) is 13.4. The van der Waals surface area contributed by atoms with Crippen LogP contribution >= 0.6 is 0 Å². The second-order valence-electron chi connectivity index (χ2n) is 13.4. The van der Waals surface area contributed by atoms with E-state index >= 15 is 0 Å². The molecule has 1 saturated carbocycles. The molecule has 12 heteroatoms. The normalized spacial score (nSPS) is 20.4. The summed E-state index contributed by atoms with van der Waals surface area (Å²) in [6.45, 7) is 4.91. The number of piperazine rings is 1. The minimum absolute atomic E-state index is 0.0700. The van der Waals surface area contributed by atoms with Crippen LogP contribution in [0.5, 0.6) is 11.8 Å². The lowest BCUT2D eigenvalue weighted by atomic mass is 10.0. The van der Waals surface area contributed by atoms with E-state index in [2.05, 4.69) is 45.0 Å². The third-order valence-corrected chi connectivity index (χ3v) is 10.3. The molecule has 2 saturated heterocycles. The van der Waals surface area contributed by atoms with Gasteiger partial charge in [0.2, 0.25) is 5.91 Å².